The Labute approximate surface area is 194 Å². The SMILES string of the molecule is CC(C)(C)OC(=O)NC1(c2cc3ccccc3c3ccccc23)CN(C(=O)OC(C)(C)C)C1. The Morgan fingerprint density at radius 3 is 1.97 bits per heavy atom. The van der Waals surface area contributed by atoms with E-state index in [4.69, 9.17) is 9.47 Å². The molecule has 174 valence electrons. The number of nitrogens with one attached hydrogen (secondary N) is 1. The van der Waals surface area contributed by atoms with E-state index in [1.165, 1.54) is 0 Å². The first kappa shape index (κ1) is 22.9. The summed E-state index contributed by atoms with van der Waals surface area (Å²) < 4.78 is 11.1. The quantitative estimate of drug-likeness (QED) is 0.491. The predicted octanol–water partition coefficient (Wildman–Crippen LogP) is 5.96. The lowest BCUT2D eigenvalue weighted by Crippen LogP contribution is -2.69. The number of ether oxygens (including phenoxy) is 2. The van der Waals surface area contributed by atoms with E-state index in [0.717, 1.165) is 27.1 Å². The molecule has 6 heteroatoms. The summed E-state index contributed by atoms with van der Waals surface area (Å²) >= 11 is 0. The first-order valence-corrected chi connectivity index (χ1v) is 11.3. The summed E-state index contributed by atoms with van der Waals surface area (Å²) in [5.74, 6) is 0. The molecule has 0 saturated carbocycles. The van der Waals surface area contributed by atoms with Gasteiger partial charge < -0.3 is 19.7 Å². The number of carbonyl (C=O) groups is 2. The van der Waals surface area contributed by atoms with Crippen LogP contribution in [-0.4, -0.2) is 41.4 Å². The number of alkyl carbamates (subject to hydrolysis) is 1. The Kier molecular flexibility index (Phi) is 5.51. The Balaban J connectivity index is 1.78. The fourth-order valence-electron chi connectivity index (χ4n) is 4.33. The van der Waals surface area contributed by atoms with Crippen molar-refractivity contribution in [2.24, 2.45) is 0 Å². The molecule has 3 aromatic rings. The Morgan fingerprint density at radius 2 is 1.36 bits per heavy atom. The van der Waals surface area contributed by atoms with Gasteiger partial charge in [-0.05, 0) is 74.7 Å². The third-order valence-electron chi connectivity index (χ3n) is 5.60. The van der Waals surface area contributed by atoms with Crippen LogP contribution in [-0.2, 0) is 15.0 Å². The summed E-state index contributed by atoms with van der Waals surface area (Å²) in [5, 5.41) is 7.46. The zero-order valence-corrected chi connectivity index (χ0v) is 20.2. The van der Waals surface area contributed by atoms with Crippen LogP contribution in [0.1, 0.15) is 47.1 Å². The standard InChI is InChI=1S/C27H32N2O4/c1-25(2,3)32-23(30)28-27(16-29(17-27)24(31)33-26(4,5)6)22-15-18-11-7-8-12-19(18)20-13-9-10-14-21(20)22/h7-15H,16-17H2,1-6H3,(H,28,30). The van der Waals surface area contributed by atoms with Gasteiger partial charge in [-0.3, -0.25) is 0 Å². The smallest absolute Gasteiger partial charge is 0.410 e. The number of carbonyl (C=O) groups excluding carboxylic acids is 2. The summed E-state index contributed by atoms with van der Waals surface area (Å²) in [7, 11) is 0. The van der Waals surface area contributed by atoms with Gasteiger partial charge in [-0.2, -0.15) is 0 Å². The van der Waals surface area contributed by atoms with Gasteiger partial charge in [0.15, 0.2) is 0 Å². The molecule has 3 aromatic carbocycles. The van der Waals surface area contributed by atoms with Gasteiger partial charge in [0.1, 0.15) is 16.7 Å². The average Bonchev–Trinajstić information content (AvgIpc) is 2.67. The van der Waals surface area contributed by atoms with Crippen LogP contribution in [0.15, 0.2) is 54.6 Å². The maximum atomic E-state index is 12.9. The molecule has 1 heterocycles. The van der Waals surface area contributed by atoms with E-state index < -0.39 is 28.9 Å². The molecule has 6 nitrogen and oxygen atoms in total. The second-order valence-electron chi connectivity index (χ2n) is 10.7. The number of benzene rings is 3. The number of rotatable bonds is 2. The van der Waals surface area contributed by atoms with Gasteiger partial charge >= 0.3 is 12.2 Å². The summed E-state index contributed by atoms with van der Waals surface area (Å²) in [4.78, 5) is 27.2. The summed E-state index contributed by atoms with van der Waals surface area (Å²) in [6, 6.07) is 18.5. The van der Waals surface area contributed by atoms with Crippen molar-refractivity contribution in [3.8, 4) is 0 Å². The molecule has 1 saturated heterocycles. The molecular formula is C27H32N2O4. The molecule has 4 rings (SSSR count). The number of likely N-dealkylation sites (tertiary alicyclic amines) is 1. The van der Waals surface area contributed by atoms with Crippen LogP contribution in [0.2, 0.25) is 0 Å². The Morgan fingerprint density at radius 1 is 0.818 bits per heavy atom. The first-order valence-electron chi connectivity index (χ1n) is 11.3. The number of hydrogen-bond donors (Lipinski definition) is 1. The van der Waals surface area contributed by atoms with Crippen LogP contribution >= 0.6 is 0 Å². The number of amides is 2. The number of fused-ring (bicyclic) bond motifs is 3. The maximum Gasteiger partial charge on any atom is 0.410 e. The summed E-state index contributed by atoms with van der Waals surface area (Å²) in [6.07, 6.45) is -0.905. The van der Waals surface area contributed by atoms with Gasteiger partial charge in [-0.15, -0.1) is 0 Å². The molecule has 0 bridgehead atoms. The third kappa shape index (κ3) is 4.75. The van der Waals surface area contributed by atoms with Crippen LogP contribution < -0.4 is 5.32 Å². The second-order valence-corrected chi connectivity index (χ2v) is 10.7. The highest BCUT2D eigenvalue weighted by atomic mass is 16.6. The molecule has 1 fully saturated rings. The summed E-state index contributed by atoms with van der Waals surface area (Å²) in [6.45, 7) is 11.6. The van der Waals surface area contributed by atoms with Gasteiger partial charge in [0, 0.05) is 0 Å². The lowest BCUT2D eigenvalue weighted by Gasteiger charge is -2.50. The summed E-state index contributed by atoms with van der Waals surface area (Å²) in [5.41, 5.74) is -1.06. The molecule has 33 heavy (non-hydrogen) atoms. The molecule has 1 aliphatic rings. The van der Waals surface area contributed by atoms with Crippen LogP contribution in [0.25, 0.3) is 21.5 Å². The molecule has 1 N–H and O–H groups in total. The molecule has 0 spiro atoms. The van der Waals surface area contributed by atoms with E-state index in [1.807, 2.05) is 65.8 Å². The van der Waals surface area contributed by atoms with Crippen molar-refractivity contribution < 1.29 is 19.1 Å². The zero-order chi connectivity index (χ0) is 24.0. The van der Waals surface area contributed by atoms with Crippen molar-refractivity contribution in [1.82, 2.24) is 10.2 Å². The lowest BCUT2D eigenvalue weighted by atomic mass is 9.78. The minimum absolute atomic E-state index is 0.295. The van der Waals surface area contributed by atoms with E-state index >= 15 is 0 Å². The zero-order valence-electron chi connectivity index (χ0n) is 20.2. The minimum Gasteiger partial charge on any atom is -0.444 e. The van der Waals surface area contributed by atoms with Crippen LogP contribution in [0.3, 0.4) is 0 Å². The van der Waals surface area contributed by atoms with Crippen molar-refractivity contribution in [2.45, 2.75) is 58.3 Å². The highest BCUT2D eigenvalue weighted by molar-refractivity contribution is 6.09. The average molecular weight is 449 g/mol. The van der Waals surface area contributed by atoms with Crippen LogP contribution in [0.5, 0.6) is 0 Å². The van der Waals surface area contributed by atoms with Crippen molar-refractivity contribution >= 4 is 33.7 Å². The van der Waals surface area contributed by atoms with Gasteiger partial charge in [0.2, 0.25) is 0 Å². The molecular weight excluding hydrogens is 416 g/mol. The normalized spacial score (nSPS) is 15.8. The van der Waals surface area contributed by atoms with Gasteiger partial charge in [-0.25, -0.2) is 9.59 Å². The second kappa shape index (κ2) is 7.94. The molecule has 0 aromatic heterocycles. The number of nitrogens with zero attached hydrogens (tertiary/aromatic N) is 1. The largest absolute Gasteiger partial charge is 0.444 e. The molecule has 0 aliphatic carbocycles. The maximum absolute atomic E-state index is 12.9. The van der Waals surface area contributed by atoms with Crippen molar-refractivity contribution in [2.75, 3.05) is 13.1 Å². The van der Waals surface area contributed by atoms with E-state index in [0.29, 0.717) is 13.1 Å². The Bertz CT molecular complexity index is 1210. The van der Waals surface area contributed by atoms with Crippen LogP contribution in [0.4, 0.5) is 9.59 Å². The van der Waals surface area contributed by atoms with Gasteiger partial charge in [0.05, 0.1) is 13.1 Å². The van der Waals surface area contributed by atoms with E-state index in [1.54, 1.807) is 4.90 Å². The predicted molar refractivity (Wildman–Crippen MR) is 130 cm³/mol. The topological polar surface area (TPSA) is 67.9 Å². The van der Waals surface area contributed by atoms with E-state index in [2.05, 4.69) is 35.6 Å². The van der Waals surface area contributed by atoms with Crippen molar-refractivity contribution in [3.05, 3.63) is 60.2 Å². The van der Waals surface area contributed by atoms with Crippen LogP contribution in [0, 0.1) is 0 Å². The first-order chi connectivity index (χ1) is 15.4. The Hall–Kier alpha value is -3.28. The van der Waals surface area contributed by atoms with Crippen molar-refractivity contribution in [1.29, 1.82) is 0 Å². The fourth-order valence-corrected chi connectivity index (χ4v) is 4.33. The fraction of sp³-hybridized carbons (Fsp3) is 0.407. The van der Waals surface area contributed by atoms with Gasteiger partial charge in [-0.1, -0.05) is 48.5 Å². The monoisotopic (exact) mass is 448 g/mol. The lowest BCUT2D eigenvalue weighted by molar-refractivity contribution is -0.0226. The molecule has 2 amide bonds. The highest BCUT2D eigenvalue weighted by Gasteiger charge is 2.50. The molecule has 0 radical (unpaired) electrons. The third-order valence-corrected chi connectivity index (χ3v) is 5.60. The van der Waals surface area contributed by atoms with Gasteiger partial charge in [0.25, 0.3) is 0 Å². The highest BCUT2D eigenvalue weighted by Crippen LogP contribution is 2.40. The van der Waals surface area contributed by atoms with Crippen molar-refractivity contribution in [3.63, 3.8) is 0 Å². The molecule has 0 unspecified atom stereocenters. The molecule has 0 atom stereocenters. The number of hydrogen-bond acceptors (Lipinski definition) is 4. The van der Waals surface area contributed by atoms with E-state index in [-0.39, 0.29) is 0 Å². The van der Waals surface area contributed by atoms with E-state index in [9.17, 15) is 9.59 Å². The molecule has 1 aliphatic heterocycles. The minimum atomic E-state index is -0.789.